The SMILES string of the molecule is C.CC(/C=C/[C@H]1O[C@H](CC(=O)O)C[C@@]2(CO2)[C@@H]1O)=C\C[C@@H]1O[C@H](C)[C@H](NC(=O)/C=C\C(C)C)C[C@@H]1C.CC(/C=C/[C@H]1O[C@H](CN=O)C[C@@]2(CO2)[C@@H]1O)=C\C[C@@H]1O[C@H](C)[C@H](NC(=O)/C=C\C(C)C)C[C@@H]1C.CC(/C=C/[C@H]1O[C@H](CNC(N)=O)C[C@@]2(CO2)[C@@H]1O)=C\C[C@@H]1O[C@H](C)[C@H](NC(=O)/C=C\C(C)C)C[C@@H]1C.CCCNC(=O)NC[C@@H]1C[C@@]2(CO2)[C@H](O)[C@@H](/C=C/C(C)=C/C[C@@H]2O[C@H](C)[C@H](NC(=O)/C=C\C(C)C)C[C@@H]2C)O1. The van der Waals surface area contributed by atoms with E-state index in [4.69, 9.17) is 67.7 Å². The minimum absolute atomic E-state index is 0. The number of carbonyl (C=O) groups is 7. The Kier molecular flexibility index (Phi) is 48.5. The van der Waals surface area contributed by atoms with E-state index in [2.05, 4.69) is 94.4 Å². The molecule has 4 spiro atoms. The van der Waals surface area contributed by atoms with Crippen LogP contribution >= 0.6 is 0 Å². The van der Waals surface area contributed by atoms with Crippen molar-refractivity contribution in [3.05, 3.63) is 149 Å². The van der Waals surface area contributed by atoms with E-state index in [9.17, 15) is 58.9 Å². The van der Waals surface area contributed by atoms with Crippen LogP contribution in [0.5, 0.6) is 0 Å². The lowest BCUT2D eigenvalue weighted by atomic mass is 9.87. The summed E-state index contributed by atoms with van der Waals surface area (Å²) in [6.07, 6.45) is 40.0. The summed E-state index contributed by atoms with van der Waals surface area (Å²) in [4.78, 5) is 93.5. The van der Waals surface area contributed by atoms with E-state index in [1.165, 1.54) is 0 Å². The molecule has 8 amide bonds. The standard InChI is InChI=1S/C30H49N3O6.C27H43N3O6.C27H41NO7.C26H40N2O6.CH4/c1-7-14-31-29(36)32-17-23-16-30(18-37-30)28(35)26(39-23)12-10-20(4)9-11-25-21(5)15-24(22(6)38-25)33-27(34)13-8-19(2)3;1-16(2)6-11-24(31)30-21-12-18(4)22(35-19(21)5)9-7-17(3)8-10-23-25(32)27(15-34-27)13-20(36-23)14-29-26(28)33;1-16(2)6-11-24(29)28-21-12-18(4)22(34-19(21)5)9-7-17(3)8-10-23-26(32)27(15-33-27)14-20(35-23)13-25(30)31;1-16(2)6-11-24(29)28-21-12-18(4)22(33-19(21)5)9-7-17(3)8-10-23-25(30)26(15-32-26)13-20(34-23)14-27-31;/h8-10,12-13,19,21-26,28,35H,7,11,14-18H2,1-6H3,(H,33,34)(H2,31,32,36);6-8,10-11,16,18-23,25,32H,9,12-15H2,1-5H3,(H,30,31)(H3,28,29,33);6-8,10-11,16,18-23,26,32H,9,12-15H2,1-5H3,(H,28,29)(H,30,31);6-8,10-11,16,18-23,25,30H,9,12-15H2,1-5H3,(H,28,29);1H4/b12-10+,13-8-,20-9+;3*10-8+,11-6-,17-7+;/t21-,22+,23-,24+,25-,26+,28+,30+;18-,19+,20-,21+,22-,23+,25+,27+;18-,19+,20+,21+,22-,23+,26+,27+;18-,19+,20-,21+,22-,23+,25+,26+;/m0000./s1. The van der Waals surface area contributed by atoms with Crippen LogP contribution in [0, 0.1) is 52.3 Å². The van der Waals surface area contributed by atoms with E-state index in [0.29, 0.717) is 107 Å². The van der Waals surface area contributed by atoms with Gasteiger partial charge in [-0.2, -0.15) is 4.91 Å². The summed E-state index contributed by atoms with van der Waals surface area (Å²) < 4.78 is 71.1. The molecule has 0 aromatic carbocycles. The smallest absolute Gasteiger partial charge is 0.314 e. The van der Waals surface area contributed by atoms with E-state index < -0.39 is 89.3 Å². The number of amides is 8. The molecule has 34 heteroatoms. The number of rotatable bonds is 38. The Morgan fingerprint density at radius 1 is 0.386 bits per heavy atom. The number of carboxylic acid groups (broad SMARTS) is 1. The first-order chi connectivity index (χ1) is 68.1. The van der Waals surface area contributed by atoms with Gasteiger partial charge in [-0.05, 0) is 185 Å². The molecule has 12 heterocycles. The largest absolute Gasteiger partial charge is 0.481 e. The Bertz CT molecular complexity index is 4540. The fraction of sp³-hybridized carbons (Fsp3) is 0.721. The highest BCUT2D eigenvalue weighted by molar-refractivity contribution is 5.89. The average molecular weight is 2040 g/mol. The molecule has 12 aliphatic rings. The predicted octanol–water partition coefficient (Wildman–Crippen LogP) is 13.0. The van der Waals surface area contributed by atoms with Crippen molar-refractivity contribution < 1.29 is 116 Å². The molecule has 0 unspecified atom stereocenters. The highest BCUT2D eigenvalue weighted by Gasteiger charge is 2.62. The minimum Gasteiger partial charge on any atom is -0.481 e. The molecule has 0 radical (unpaired) electrons. The second-order valence-electron chi connectivity index (χ2n) is 43.6. The van der Waals surface area contributed by atoms with Gasteiger partial charge in [0.05, 0.1) is 130 Å². The Hall–Kier alpha value is -8.27. The van der Waals surface area contributed by atoms with Crippen molar-refractivity contribution >= 4 is 41.7 Å². The molecule has 0 aromatic rings. The lowest BCUT2D eigenvalue weighted by Gasteiger charge is -2.39. The first-order valence-corrected chi connectivity index (χ1v) is 52.6. The van der Waals surface area contributed by atoms with E-state index in [-0.39, 0.29) is 154 Å². The second-order valence-corrected chi connectivity index (χ2v) is 43.6. The summed E-state index contributed by atoms with van der Waals surface area (Å²) in [5, 5.41) is 75.4. The molecule has 12 aliphatic heterocycles. The van der Waals surface area contributed by atoms with E-state index >= 15 is 0 Å². The van der Waals surface area contributed by atoms with Crippen LogP contribution in [-0.4, -0.2) is 288 Å². The summed E-state index contributed by atoms with van der Waals surface area (Å²) in [6, 6.07) is -0.857. The number of nitroso groups, excluding NO2 is 1. The number of aliphatic hydroxyl groups is 4. The van der Waals surface area contributed by atoms with Gasteiger partial charge >= 0.3 is 18.0 Å². The number of hydrogen-bond acceptors (Lipinski definition) is 25. The molecule has 12 saturated heterocycles. The third-order valence-electron chi connectivity index (χ3n) is 29.0. The number of urea groups is 2. The minimum atomic E-state index is -0.925. The Balaban J connectivity index is 0.000000236. The van der Waals surface area contributed by atoms with Gasteiger partial charge in [0, 0.05) is 45.3 Å². The fourth-order valence-corrected chi connectivity index (χ4v) is 19.6. The van der Waals surface area contributed by atoms with Crippen LogP contribution in [0.25, 0.3) is 0 Å². The number of nitrogens with zero attached hydrogens (tertiary/aromatic N) is 1. The molecule has 12 rings (SSSR count). The molecule has 145 heavy (non-hydrogen) atoms. The van der Waals surface area contributed by atoms with Crippen LogP contribution < -0.4 is 43.0 Å². The van der Waals surface area contributed by atoms with Crippen molar-refractivity contribution in [1.29, 1.82) is 0 Å². The lowest BCUT2D eigenvalue weighted by molar-refractivity contribution is -0.155. The number of nitrogens with two attached hydrogens (primary N) is 1. The van der Waals surface area contributed by atoms with Gasteiger partial charge in [0.1, 0.15) is 77.8 Å². The normalized spacial score (nSPS) is 36.9. The van der Waals surface area contributed by atoms with E-state index in [1.54, 1.807) is 30.4 Å². The number of aliphatic carboxylic acids is 1. The number of epoxide rings is 4. The van der Waals surface area contributed by atoms with E-state index in [1.807, 2.05) is 185 Å². The topological polar surface area (TPSA) is 484 Å². The van der Waals surface area contributed by atoms with Gasteiger partial charge in [0.2, 0.25) is 23.6 Å². The molecular formula is C111H177N9O25. The quantitative estimate of drug-likeness (QED) is 0.0118. The molecule has 0 saturated carbocycles. The van der Waals surface area contributed by atoms with Crippen molar-refractivity contribution in [2.24, 2.45) is 58.3 Å². The molecule has 34 nitrogen and oxygen atoms in total. The number of ether oxygens (including phenoxy) is 12. The summed E-state index contributed by atoms with van der Waals surface area (Å²) >= 11 is 0. The highest BCUT2D eigenvalue weighted by Crippen LogP contribution is 2.47. The van der Waals surface area contributed by atoms with Gasteiger partial charge < -0.3 is 125 Å². The van der Waals surface area contributed by atoms with Crippen LogP contribution in [0.4, 0.5) is 9.59 Å². The Morgan fingerprint density at radius 3 is 0.890 bits per heavy atom. The number of primary amides is 1. The van der Waals surface area contributed by atoms with Crippen molar-refractivity contribution in [2.75, 3.05) is 52.6 Å². The van der Waals surface area contributed by atoms with Crippen molar-refractivity contribution in [2.45, 2.75) is 411 Å². The summed E-state index contributed by atoms with van der Waals surface area (Å²) in [6.45, 7) is 46.2. The molecule has 14 N–H and O–H groups in total. The zero-order chi connectivity index (χ0) is 106. The first kappa shape index (κ1) is 122. The van der Waals surface area contributed by atoms with Gasteiger partial charge in [0.15, 0.2) is 0 Å². The third-order valence-corrected chi connectivity index (χ3v) is 29.0. The zero-order valence-electron chi connectivity index (χ0n) is 89.0. The maximum absolute atomic E-state index is 12.2. The molecule has 12 fully saturated rings. The van der Waals surface area contributed by atoms with E-state index in [0.717, 1.165) is 80.1 Å². The van der Waals surface area contributed by atoms with Gasteiger partial charge in [-0.1, -0.05) is 222 Å². The average Bonchev–Trinajstić information content (AvgIpc) is 1.61. The van der Waals surface area contributed by atoms with Gasteiger partial charge in [-0.25, -0.2) is 9.59 Å². The van der Waals surface area contributed by atoms with Gasteiger partial charge in [0.25, 0.3) is 0 Å². The number of allylic oxidation sites excluding steroid dienone is 12. The van der Waals surface area contributed by atoms with Crippen molar-refractivity contribution in [1.82, 2.24) is 37.2 Å². The number of nitrogens with one attached hydrogen (secondary N) is 7. The highest BCUT2D eigenvalue weighted by atomic mass is 16.6. The molecule has 0 aromatic heterocycles. The molecule has 32 atom stereocenters. The van der Waals surface area contributed by atoms with Crippen LogP contribution in [0.1, 0.15) is 243 Å². The summed E-state index contributed by atoms with van der Waals surface area (Å²) in [5.41, 5.74) is 6.83. The number of carboxylic acids is 1. The number of aliphatic hydroxyl groups excluding tert-OH is 4. The summed E-state index contributed by atoms with van der Waals surface area (Å²) in [5.74, 6) is 1.29. The van der Waals surface area contributed by atoms with Gasteiger partial charge in [-0.15, -0.1) is 0 Å². The predicted molar refractivity (Wildman–Crippen MR) is 557 cm³/mol. The molecule has 816 valence electrons. The lowest BCUT2D eigenvalue weighted by Crippen LogP contribution is -2.53. The van der Waals surface area contributed by atoms with Crippen LogP contribution in [-0.2, 0) is 80.8 Å². The third kappa shape index (κ3) is 39.2. The monoisotopic (exact) mass is 2040 g/mol. The van der Waals surface area contributed by atoms with Gasteiger partial charge in [-0.3, -0.25) is 24.0 Å². The zero-order valence-corrected chi connectivity index (χ0v) is 89.0. The Morgan fingerprint density at radius 2 is 0.641 bits per heavy atom. The molecular weight excluding hydrogens is 1860 g/mol. The van der Waals surface area contributed by atoms with Crippen LogP contribution in [0.2, 0.25) is 0 Å². The summed E-state index contributed by atoms with van der Waals surface area (Å²) in [7, 11) is 0. The molecule has 0 bridgehead atoms. The molecule has 0 aliphatic carbocycles. The number of carbonyl (C=O) groups excluding carboxylic acids is 6. The van der Waals surface area contributed by atoms with Crippen molar-refractivity contribution in [3.8, 4) is 0 Å². The number of hydrogen-bond donors (Lipinski definition) is 13. The maximum Gasteiger partial charge on any atom is 0.314 e. The maximum atomic E-state index is 12.2. The first-order valence-electron chi connectivity index (χ1n) is 52.6. The fourth-order valence-electron chi connectivity index (χ4n) is 19.6. The Labute approximate surface area is 861 Å². The van der Waals surface area contributed by atoms with Crippen LogP contribution in [0.3, 0.4) is 0 Å². The second kappa shape index (κ2) is 57.6. The van der Waals surface area contributed by atoms with Crippen molar-refractivity contribution in [3.63, 3.8) is 0 Å². The van der Waals surface area contributed by atoms with Crippen LogP contribution in [0.15, 0.2) is 149 Å².